The maximum atomic E-state index is 12.6. The van der Waals surface area contributed by atoms with Gasteiger partial charge in [0.15, 0.2) is 0 Å². The Balaban J connectivity index is 1.82. The van der Waals surface area contributed by atoms with Gasteiger partial charge in [-0.15, -0.1) is 0 Å². The number of carbonyl (C=O) groups is 1. The molecule has 2 nitrogen and oxygen atoms in total. The molecule has 27 heavy (non-hydrogen) atoms. The number of fused-ring (bicyclic) bond motifs is 1. The van der Waals surface area contributed by atoms with Crippen LogP contribution in [0.4, 0.5) is 5.69 Å². The summed E-state index contributed by atoms with van der Waals surface area (Å²) in [5.74, 6) is 0.346. The summed E-state index contributed by atoms with van der Waals surface area (Å²) < 4.78 is 1.12. The number of nitrogens with zero attached hydrogens (tertiary/aromatic N) is 1. The van der Waals surface area contributed by atoms with E-state index in [1.54, 1.807) is 0 Å². The molecule has 0 spiro atoms. The third-order valence-corrected chi connectivity index (χ3v) is 5.93. The fourth-order valence-electron chi connectivity index (χ4n) is 4.11. The number of anilines is 1. The third kappa shape index (κ3) is 4.82. The summed E-state index contributed by atoms with van der Waals surface area (Å²) in [6.45, 7) is 12.7. The minimum Gasteiger partial charge on any atom is -0.367 e. The molecule has 1 heterocycles. The number of carbonyl (C=O) groups excluding carboxylic acids is 1. The Hall–Kier alpha value is -1.61. The average molecular weight is 428 g/mol. The zero-order valence-electron chi connectivity index (χ0n) is 17.2. The van der Waals surface area contributed by atoms with Crippen molar-refractivity contribution in [2.45, 2.75) is 60.4 Å². The zero-order chi connectivity index (χ0) is 19.8. The Kier molecular flexibility index (Phi) is 5.81. The van der Waals surface area contributed by atoms with Crippen LogP contribution in [0.2, 0.25) is 0 Å². The van der Waals surface area contributed by atoms with E-state index in [0.717, 1.165) is 24.0 Å². The van der Waals surface area contributed by atoms with Crippen molar-refractivity contribution in [3.8, 4) is 0 Å². The van der Waals surface area contributed by atoms with E-state index in [2.05, 4.69) is 85.8 Å². The van der Waals surface area contributed by atoms with Crippen LogP contribution in [0.15, 0.2) is 34.8 Å². The number of ketones is 1. The number of rotatable bonds is 5. The van der Waals surface area contributed by atoms with Gasteiger partial charge in [0.25, 0.3) is 0 Å². The molecule has 0 aromatic heterocycles. The van der Waals surface area contributed by atoms with Gasteiger partial charge in [0, 0.05) is 36.1 Å². The summed E-state index contributed by atoms with van der Waals surface area (Å²) in [6, 6.07) is 10.9. The van der Waals surface area contributed by atoms with Crippen molar-refractivity contribution < 1.29 is 4.79 Å². The van der Waals surface area contributed by atoms with E-state index in [0.29, 0.717) is 18.6 Å². The van der Waals surface area contributed by atoms with Crippen LogP contribution in [0, 0.1) is 19.3 Å². The van der Waals surface area contributed by atoms with Gasteiger partial charge in [0.05, 0.1) is 0 Å². The molecule has 144 valence electrons. The van der Waals surface area contributed by atoms with Gasteiger partial charge in [0.1, 0.15) is 5.78 Å². The highest BCUT2D eigenvalue weighted by Gasteiger charge is 2.25. The fourth-order valence-corrected chi connectivity index (χ4v) is 4.38. The Bertz CT molecular complexity index is 846. The Morgan fingerprint density at radius 3 is 2.44 bits per heavy atom. The van der Waals surface area contributed by atoms with E-state index in [9.17, 15) is 4.79 Å². The van der Waals surface area contributed by atoms with Crippen LogP contribution in [0.1, 0.15) is 55.0 Å². The highest BCUT2D eigenvalue weighted by atomic mass is 79.9. The van der Waals surface area contributed by atoms with Crippen molar-refractivity contribution in [2.75, 3.05) is 11.4 Å². The Labute approximate surface area is 172 Å². The molecule has 0 aliphatic carbocycles. The topological polar surface area (TPSA) is 20.3 Å². The van der Waals surface area contributed by atoms with Crippen LogP contribution < -0.4 is 4.90 Å². The van der Waals surface area contributed by atoms with E-state index in [-0.39, 0.29) is 5.41 Å². The summed E-state index contributed by atoms with van der Waals surface area (Å²) in [7, 11) is 0. The molecule has 0 saturated heterocycles. The van der Waals surface area contributed by atoms with Gasteiger partial charge >= 0.3 is 0 Å². The van der Waals surface area contributed by atoms with E-state index >= 15 is 0 Å². The number of hydrogen-bond donors (Lipinski definition) is 0. The number of benzene rings is 2. The molecule has 0 unspecified atom stereocenters. The smallest absolute Gasteiger partial charge is 0.137 e. The van der Waals surface area contributed by atoms with Gasteiger partial charge in [-0.2, -0.15) is 0 Å². The van der Waals surface area contributed by atoms with E-state index in [1.165, 1.54) is 33.5 Å². The summed E-state index contributed by atoms with van der Waals surface area (Å²) >= 11 is 3.51. The van der Waals surface area contributed by atoms with Crippen LogP contribution in [0.25, 0.3) is 0 Å². The minimum absolute atomic E-state index is 0.0527. The lowest BCUT2D eigenvalue weighted by molar-refractivity contribution is -0.120. The molecule has 0 N–H and O–H groups in total. The van der Waals surface area contributed by atoms with Crippen molar-refractivity contribution in [1.29, 1.82) is 0 Å². The van der Waals surface area contributed by atoms with E-state index < -0.39 is 0 Å². The third-order valence-electron chi connectivity index (χ3n) is 5.40. The van der Waals surface area contributed by atoms with E-state index in [1.807, 2.05) is 0 Å². The normalized spacial score (nSPS) is 13.8. The minimum atomic E-state index is 0.0527. The first-order valence-electron chi connectivity index (χ1n) is 9.77. The second-order valence-corrected chi connectivity index (χ2v) is 9.96. The second-order valence-electron chi connectivity index (χ2n) is 9.05. The first kappa shape index (κ1) is 20.1. The molecule has 2 aromatic rings. The lowest BCUT2D eigenvalue weighted by Crippen LogP contribution is -2.20. The maximum Gasteiger partial charge on any atom is 0.137 e. The first-order valence-corrected chi connectivity index (χ1v) is 10.6. The Morgan fingerprint density at radius 2 is 1.81 bits per heavy atom. The molecule has 1 aliphatic heterocycles. The molecule has 2 aromatic carbocycles. The van der Waals surface area contributed by atoms with Crippen molar-refractivity contribution in [3.63, 3.8) is 0 Å². The molecule has 3 heteroatoms. The molecule has 0 atom stereocenters. The van der Waals surface area contributed by atoms with Crippen LogP contribution >= 0.6 is 15.9 Å². The summed E-state index contributed by atoms with van der Waals surface area (Å²) in [4.78, 5) is 15.0. The molecular weight excluding hydrogens is 398 g/mol. The highest BCUT2D eigenvalue weighted by molar-refractivity contribution is 9.10. The summed E-state index contributed by atoms with van der Waals surface area (Å²) in [6.07, 6.45) is 2.27. The van der Waals surface area contributed by atoms with Crippen molar-refractivity contribution in [1.82, 2.24) is 0 Å². The molecule has 1 aliphatic rings. The van der Waals surface area contributed by atoms with Gasteiger partial charge in [-0.3, -0.25) is 4.79 Å². The standard InChI is InChI=1S/C24H30BrNO/c1-16-12-23-21(17(2)22(16)13-20(27)14-24(3,4)5)10-11-26(23)15-18-6-8-19(25)9-7-18/h6-9,12H,10-11,13-15H2,1-5H3. The number of halogens is 1. The zero-order valence-corrected chi connectivity index (χ0v) is 18.7. The van der Waals surface area contributed by atoms with Gasteiger partial charge in [-0.1, -0.05) is 48.8 Å². The van der Waals surface area contributed by atoms with Crippen molar-refractivity contribution in [2.24, 2.45) is 5.41 Å². The summed E-state index contributed by atoms with van der Waals surface area (Å²) in [5, 5.41) is 0. The molecule has 0 radical (unpaired) electrons. The molecule has 3 rings (SSSR count). The molecular formula is C24H30BrNO. The van der Waals surface area contributed by atoms with Gasteiger partial charge in [0.2, 0.25) is 0 Å². The average Bonchev–Trinajstić information content (AvgIpc) is 2.95. The lowest BCUT2D eigenvalue weighted by Gasteiger charge is -2.22. The summed E-state index contributed by atoms with van der Waals surface area (Å²) in [5.41, 5.74) is 7.97. The van der Waals surface area contributed by atoms with Crippen molar-refractivity contribution >= 4 is 27.4 Å². The van der Waals surface area contributed by atoms with Crippen LogP contribution in [0.3, 0.4) is 0 Å². The first-order chi connectivity index (χ1) is 12.6. The monoisotopic (exact) mass is 427 g/mol. The molecule has 0 fully saturated rings. The number of Topliss-reactive ketones (excluding diaryl/α,β-unsaturated/α-hetero) is 1. The SMILES string of the molecule is Cc1cc2c(c(C)c1CC(=O)CC(C)(C)C)CCN2Cc1ccc(Br)cc1. The molecule has 0 amide bonds. The molecule has 0 bridgehead atoms. The number of hydrogen-bond acceptors (Lipinski definition) is 2. The van der Waals surface area contributed by atoms with Crippen LogP contribution in [-0.2, 0) is 24.2 Å². The van der Waals surface area contributed by atoms with Gasteiger partial charge in [-0.25, -0.2) is 0 Å². The van der Waals surface area contributed by atoms with Gasteiger partial charge in [-0.05, 0) is 71.7 Å². The Morgan fingerprint density at radius 1 is 1.15 bits per heavy atom. The number of aryl methyl sites for hydroxylation is 1. The van der Waals surface area contributed by atoms with Gasteiger partial charge < -0.3 is 4.90 Å². The van der Waals surface area contributed by atoms with Crippen LogP contribution in [-0.4, -0.2) is 12.3 Å². The predicted molar refractivity (Wildman–Crippen MR) is 118 cm³/mol. The largest absolute Gasteiger partial charge is 0.367 e. The quantitative estimate of drug-likeness (QED) is 0.567. The lowest BCUT2D eigenvalue weighted by atomic mass is 9.86. The highest BCUT2D eigenvalue weighted by Crippen LogP contribution is 2.36. The fraction of sp³-hybridized carbons (Fsp3) is 0.458. The second kappa shape index (κ2) is 7.79. The van der Waals surface area contributed by atoms with E-state index in [4.69, 9.17) is 0 Å². The molecule has 0 saturated carbocycles. The maximum absolute atomic E-state index is 12.6. The van der Waals surface area contributed by atoms with Crippen molar-refractivity contribution in [3.05, 3.63) is 62.6 Å². The predicted octanol–water partition coefficient (Wildman–Crippen LogP) is 6.18. The van der Waals surface area contributed by atoms with Crippen LogP contribution in [0.5, 0.6) is 0 Å².